The number of Topliss-reactive ketones (excluding diaryl/α,β-unsaturated/α-hetero) is 1. The molecule has 0 aliphatic rings. The number of nitrogens with zero attached hydrogens (tertiary/aromatic N) is 2. The molecule has 0 amide bonds. The fraction of sp³-hybridized carbons (Fsp3) is 0.286. The van der Waals surface area contributed by atoms with Gasteiger partial charge in [0.15, 0.2) is 5.78 Å². The van der Waals surface area contributed by atoms with E-state index in [4.69, 9.17) is 0 Å². The molecule has 18 heavy (non-hydrogen) atoms. The van der Waals surface area contributed by atoms with Crippen LogP contribution in [-0.2, 0) is 13.6 Å². The van der Waals surface area contributed by atoms with Gasteiger partial charge in [-0.2, -0.15) is 0 Å². The van der Waals surface area contributed by atoms with Gasteiger partial charge in [-0.1, -0.05) is 12.1 Å². The highest BCUT2D eigenvalue weighted by Gasteiger charge is 2.09. The molecule has 1 aromatic carbocycles. The lowest BCUT2D eigenvalue weighted by Crippen LogP contribution is -2.25. The Labute approximate surface area is 105 Å². The number of aromatic nitrogens is 2. The molecule has 0 atom stereocenters. The summed E-state index contributed by atoms with van der Waals surface area (Å²) in [6, 6.07) is 5.60. The molecule has 0 aliphatic carbocycles. The Balaban J connectivity index is 2.25. The largest absolute Gasteiger partial charge is 0.328 e. The van der Waals surface area contributed by atoms with Gasteiger partial charge in [0, 0.05) is 25.0 Å². The summed E-state index contributed by atoms with van der Waals surface area (Å²) in [5.74, 6) is -0.0496. The summed E-state index contributed by atoms with van der Waals surface area (Å²) in [5, 5.41) is 0. The standard InChI is InChI=1S/C14H16N2O2/c1-10-4-5-12(8-11(10)2)13(17)9-16-7-6-15(3)14(16)18/h4-8H,9H2,1-3H3. The monoisotopic (exact) mass is 244 g/mol. The topological polar surface area (TPSA) is 44.0 Å². The number of ketones is 1. The van der Waals surface area contributed by atoms with Crippen molar-refractivity contribution in [2.24, 2.45) is 7.05 Å². The molecule has 1 heterocycles. The van der Waals surface area contributed by atoms with Crippen LogP contribution in [0.5, 0.6) is 0 Å². The summed E-state index contributed by atoms with van der Waals surface area (Å²) in [6.07, 6.45) is 3.28. The summed E-state index contributed by atoms with van der Waals surface area (Å²) in [7, 11) is 1.67. The molecule has 2 aromatic rings. The van der Waals surface area contributed by atoms with Crippen molar-refractivity contribution in [3.8, 4) is 0 Å². The van der Waals surface area contributed by atoms with Crippen molar-refractivity contribution in [3.63, 3.8) is 0 Å². The third-order valence-electron chi connectivity index (χ3n) is 3.16. The van der Waals surface area contributed by atoms with Gasteiger partial charge >= 0.3 is 5.69 Å². The second-order valence-corrected chi connectivity index (χ2v) is 4.54. The third kappa shape index (κ3) is 2.27. The van der Waals surface area contributed by atoms with E-state index in [0.29, 0.717) is 5.56 Å². The van der Waals surface area contributed by atoms with Crippen molar-refractivity contribution in [1.29, 1.82) is 0 Å². The van der Waals surface area contributed by atoms with Gasteiger partial charge in [-0.15, -0.1) is 0 Å². The SMILES string of the molecule is Cc1ccc(C(=O)Cn2ccn(C)c2=O)cc1C. The molecule has 0 bridgehead atoms. The molecular formula is C14H16N2O2. The van der Waals surface area contributed by atoms with Crippen LogP contribution in [-0.4, -0.2) is 14.9 Å². The summed E-state index contributed by atoms with van der Waals surface area (Å²) in [6.45, 7) is 4.06. The first kappa shape index (κ1) is 12.4. The molecule has 94 valence electrons. The van der Waals surface area contributed by atoms with Crippen LogP contribution in [0.25, 0.3) is 0 Å². The lowest BCUT2D eigenvalue weighted by molar-refractivity contribution is 0.0970. The summed E-state index contributed by atoms with van der Waals surface area (Å²) in [4.78, 5) is 23.7. The van der Waals surface area contributed by atoms with Crippen LogP contribution in [0, 0.1) is 13.8 Å². The second-order valence-electron chi connectivity index (χ2n) is 4.54. The van der Waals surface area contributed by atoms with Crippen molar-refractivity contribution in [2.75, 3.05) is 0 Å². The Morgan fingerprint density at radius 1 is 1.17 bits per heavy atom. The fourth-order valence-electron chi connectivity index (χ4n) is 1.79. The Hall–Kier alpha value is -2.10. The number of aryl methyl sites for hydroxylation is 3. The van der Waals surface area contributed by atoms with E-state index in [1.165, 1.54) is 9.13 Å². The number of benzene rings is 1. The normalized spacial score (nSPS) is 10.6. The number of imidazole rings is 1. The molecule has 2 rings (SSSR count). The summed E-state index contributed by atoms with van der Waals surface area (Å²) >= 11 is 0. The van der Waals surface area contributed by atoms with E-state index in [1.807, 2.05) is 26.0 Å². The number of rotatable bonds is 3. The van der Waals surface area contributed by atoms with E-state index in [2.05, 4.69) is 0 Å². The Morgan fingerprint density at radius 3 is 2.44 bits per heavy atom. The minimum atomic E-state index is -0.174. The number of hydrogen-bond donors (Lipinski definition) is 0. The maximum atomic E-state index is 12.1. The summed E-state index contributed by atoms with van der Waals surface area (Å²) < 4.78 is 2.87. The van der Waals surface area contributed by atoms with Crippen molar-refractivity contribution >= 4 is 5.78 Å². The van der Waals surface area contributed by atoms with Crippen molar-refractivity contribution < 1.29 is 4.79 Å². The van der Waals surface area contributed by atoms with Crippen LogP contribution >= 0.6 is 0 Å². The van der Waals surface area contributed by atoms with Gasteiger partial charge in [0.2, 0.25) is 0 Å². The zero-order chi connectivity index (χ0) is 13.3. The number of carbonyl (C=O) groups is 1. The molecule has 0 fully saturated rings. The van der Waals surface area contributed by atoms with Gasteiger partial charge in [0.05, 0.1) is 6.54 Å². The van der Waals surface area contributed by atoms with Crippen LogP contribution in [0.3, 0.4) is 0 Å². The van der Waals surface area contributed by atoms with Gasteiger partial charge in [-0.05, 0) is 31.0 Å². The average Bonchev–Trinajstić information content (AvgIpc) is 2.64. The molecule has 0 N–H and O–H groups in total. The molecule has 0 radical (unpaired) electrons. The van der Waals surface area contributed by atoms with Crippen LogP contribution in [0.15, 0.2) is 35.4 Å². The van der Waals surface area contributed by atoms with E-state index < -0.39 is 0 Å². The first-order valence-electron chi connectivity index (χ1n) is 5.81. The van der Waals surface area contributed by atoms with Crippen molar-refractivity contribution in [3.05, 3.63) is 57.8 Å². The molecule has 1 aromatic heterocycles. The van der Waals surface area contributed by atoms with Crippen LogP contribution < -0.4 is 5.69 Å². The van der Waals surface area contributed by atoms with E-state index in [0.717, 1.165) is 11.1 Å². The van der Waals surface area contributed by atoms with Crippen molar-refractivity contribution in [2.45, 2.75) is 20.4 Å². The Bertz CT molecular complexity index is 650. The smallest absolute Gasteiger partial charge is 0.302 e. The predicted molar refractivity (Wildman–Crippen MR) is 69.9 cm³/mol. The zero-order valence-electron chi connectivity index (χ0n) is 10.8. The van der Waals surface area contributed by atoms with E-state index in [9.17, 15) is 9.59 Å². The minimum Gasteiger partial charge on any atom is -0.302 e. The molecule has 4 heteroatoms. The van der Waals surface area contributed by atoms with Crippen LogP contribution in [0.4, 0.5) is 0 Å². The van der Waals surface area contributed by atoms with E-state index in [-0.39, 0.29) is 18.0 Å². The lowest BCUT2D eigenvalue weighted by atomic mass is 10.0. The lowest BCUT2D eigenvalue weighted by Gasteiger charge is -2.05. The van der Waals surface area contributed by atoms with Gasteiger partial charge in [-0.25, -0.2) is 4.79 Å². The Kier molecular flexibility index (Phi) is 3.19. The second kappa shape index (κ2) is 4.64. The van der Waals surface area contributed by atoms with E-state index in [1.54, 1.807) is 25.5 Å². The maximum absolute atomic E-state index is 12.1. The van der Waals surface area contributed by atoms with Crippen LogP contribution in [0.2, 0.25) is 0 Å². The third-order valence-corrected chi connectivity index (χ3v) is 3.16. The molecule has 0 unspecified atom stereocenters. The highest BCUT2D eigenvalue weighted by molar-refractivity contribution is 5.96. The molecule has 0 saturated heterocycles. The quantitative estimate of drug-likeness (QED) is 0.771. The highest BCUT2D eigenvalue weighted by Crippen LogP contribution is 2.10. The molecule has 0 spiro atoms. The highest BCUT2D eigenvalue weighted by atomic mass is 16.2. The Morgan fingerprint density at radius 2 is 1.89 bits per heavy atom. The summed E-state index contributed by atoms with van der Waals surface area (Å²) in [5.41, 5.74) is 2.71. The molecular weight excluding hydrogens is 228 g/mol. The van der Waals surface area contributed by atoms with Gasteiger partial charge < -0.3 is 4.57 Å². The predicted octanol–water partition coefficient (Wildman–Crippen LogP) is 1.69. The number of carbonyl (C=O) groups excluding carboxylic acids is 1. The number of hydrogen-bond acceptors (Lipinski definition) is 2. The first-order chi connectivity index (χ1) is 8.49. The van der Waals surface area contributed by atoms with E-state index >= 15 is 0 Å². The average molecular weight is 244 g/mol. The minimum absolute atomic E-state index is 0.0496. The molecule has 0 aliphatic heterocycles. The van der Waals surface area contributed by atoms with Gasteiger partial charge in [-0.3, -0.25) is 9.36 Å². The maximum Gasteiger partial charge on any atom is 0.328 e. The molecule has 4 nitrogen and oxygen atoms in total. The first-order valence-corrected chi connectivity index (χ1v) is 5.81. The van der Waals surface area contributed by atoms with Gasteiger partial charge in [0.25, 0.3) is 0 Å². The molecule has 0 saturated carbocycles. The van der Waals surface area contributed by atoms with Gasteiger partial charge in [0.1, 0.15) is 0 Å². The zero-order valence-corrected chi connectivity index (χ0v) is 10.8. The van der Waals surface area contributed by atoms with Crippen LogP contribution in [0.1, 0.15) is 21.5 Å². The van der Waals surface area contributed by atoms with Crippen molar-refractivity contribution in [1.82, 2.24) is 9.13 Å². The fourth-order valence-corrected chi connectivity index (χ4v) is 1.79.